The van der Waals surface area contributed by atoms with E-state index >= 15 is 0 Å². The highest BCUT2D eigenvalue weighted by molar-refractivity contribution is 9.11. The highest BCUT2D eigenvalue weighted by Gasteiger charge is 2.22. The first-order chi connectivity index (χ1) is 7.75. The molecule has 2 nitrogen and oxygen atoms in total. The molecular formula is C12H12Br2N2. The van der Waals surface area contributed by atoms with Crippen molar-refractivity contribution in [1.29, 1.82) is 0 Å². The molecule has 1 fully saturated rings. The number of nitrogens with zero attached hydrogens (tertiary/aromatic N) is 2. The van der Waals surface area contributed by atoms with Gasteiger partial charge in [-0.15, -0.1) is 0 Å². The molecule has 0 N–H and O–H groups in total. The van der Waals surface area contributed by atoms with Crippen LogP contribution in [-0.2, 0) is 0 Å². The standard InChI is InChI=1S/C12H12Br2N2/c13-9-5-6-16-10(7-9)11(14)15-12(16)8-3-1-2-4-8/h5-8H,1-4H2. The molecule has 16 heavy (non-hydrogen) atoms. The molecule has 0 atom stereocenters. The van der Waals surface area contributed by atoms with Gasteiger partial charge in [0.25, 0.3) is 0 Å². The summed E-state index contributed by atoms with van der Waals surface area (Å²) in [4.78, 5) is 4.67. The van der Waals surface area contributed by atoms with Gasteiger partial charge < -0.3 is 4.40 Å². The lowest BCUT2D eigenvalue weighted by molar-refractivity contribution is 0.664. The highest BCUT2D eigenvalue weighted by atomic mass is 79.9. The van der Waals surface area contributed by atoms with Gasteiger partial charge in [-0.1, -0.05) is 28.8 Å². The van der Waals surface area contributed by atoms with Crippen molar-refractivity contribution < 1.29 is 0 Å². The third-order valence-electron chi connectivity index (χ3n) is 3.31. The first-order valence-corrected chi connectivity index (χ1v) is 7.17. The Morgan fingerprint density at radius 3 is 2.75 bits per heavy atom. The van der Waals surface area contributed by atoms with Gasteiger partial charge in [0.05, 0.1) is 5.52 Å². The van der Waals surface area contributed by atoms with Gasteiger partial charge in [-0.25, -0.2) is 4.98 Å². The molecule has 0 radical (unpaired) electrons. The van der Waals surface area contributed by atoms with Crippen LogP contribution in [0.5, 0.6) is 0 Å². The summed E-state index contributed by atoms with van der Waals surface area (Å²) in [6.45, 7) is 0. The summed E-state index contributed by atoms with van der Waals surface area (Å²) in [5, 5.41) is 0. The second-order valence-corrected chi connectivity index (χ2v) is 6.01. The normalized spacial score (nSPS) is 17.4. The highest BCUT2D eigenvalue weighted by Crippen LogP contribution is 2.35. The molecule has 0 saturated heterocycles. The molecule has 2 aromatic heterocycles. The molecule has 4 heteroatoms. The zero-order valence-corrected chi connectivity index (χ0v) is 12.0. The topological polar surface area (TPSA) is 17.3 Å². The summed E-state index contributed by atoms with van der Waals surface area (Å²) in [5.74, 6) is 1.85. The molecule has 2 heterocycles. The number of pyridine rings is 1. The summed E-state index contributed by atoms with van der Waals surface area (Å²) < 4.78 is 4.26. The Kier molecular flexibility index (Phi) is 2.80. The maximum atomic E-state index is 4.67. The second kappa shape index (κ2) is 4.15. The van der Waals surface area contributed by atoms with Crippen LogP contribution in [0.25, 0.3) is 5.52 Å². The Hall–Kier alpha value is -0.350. The van der Waals surface area contributed by atoms with E-state index in [1.807, 2.05) is 0 Å². The van der Waals surface area contributed by atoms with E-state index in [9.17, 15) is 0 Å². The fraction of sp³-hybridized carbons (Fsp3) is 0.417. The SMILES string of the molecule is Brc1ccn2c(C3CCCC3)nc(Br)c2c1. The van der Waals surface area contributed by atoms with Gasteiger partial charge in [0.2, 0.25) is 0 Å². The molecule has 1 aliphatic rings. The largest absolute Gasteiger partial charge is 0.302 e. The molecule has 0 spiro atoms. The molecule has 2 aromatic rings. The number of halogens is 2. The van der Waals surface area contributed by atoms with Gasteiger partial charge in [-0.3, -0.25) is 0 Å². The third-order valence-corrected chi connectivity index (χ3v) is 4.38. The van der Waals surface area contributed by atoms with Crippen molar-refractivity contribution in [2.45, 2.75) is 31.6 Å². The molecular weight excluding hydrogens is 332 g/mol. The van der Waals surface area contributed by atoms with Crippen molar-refractivity contribution in [3.8, 4) is 0 Å². The zero-order chi connectivity index (χ0) is 11.1. The molecule has 84 valence electrons. The predicted octanol–water partition coefficient (Wildman–Crippen LogP) is 4.52. The van der Waals surface area contributed by atoms with E-state index in [1.54, 1.807) is 0 Å². The van der Waals surface area contributed by atoms with E-state index in [0.717, 1.165) is 14.6 Å². The lowest BCUT2D eigenvalue weighted by Gasteiger charge is -2.07. The van der Waals surface area contributed by atoms with E-state index in [0.29, 0.717) is 5.92 Å². The van der Waals surface area contributed by atoms with Crippen LogP contribution in [0, 0.1) is 0 Å². The Morgan fingerprint density at radius 2 is 2.00 bits per heavy atom. The Balaban J connectivity index is 2.18. The summed E-state index contributed by atoms with van der Waals surface area (Å²) in [6.07, 6.45) is 7.34. The summed E-state index contributed by atoms with van der Waals surface area (Å²) in [5.41, 5.74) is 1.15. The molecule has 0 unspecified atom stereocenters. The van der Waals surface area contributed by atoms with E-state index in [4.69, 9.17) is 0 Å². The number of aromatic nitrogens is 2. The minimum Gasteiger partial charge on any atom is -0.302 e. The maximum absolute atomic E-state index is 4.67. The fourth-order valence-corrected chi connectivity index (χ4v) is 3.34. The van der Waals surface area contributed by atoms with Crippen molar-refractivity contribution in [1.82, 2.24) is 9.38 Å². The van der Waals surface area contributed by atoms with Crippen LogP contribution < -0.4 is 0 Å². The first-order valence-electron chi connectivity index (χ1n) is 5.59. The molecule has 3 rings (SSSR count). The Morgan fingerprint density at radius 1 is 1.25 bits per heavy atom. The Labute approximate surface area is 111 Å². The number of imidazole rings is 1. The predicted molar refractivity (Wildman–Crippen MR) is 71.8 cm³/mol. The van der Waals surface area contributed by atoms with Gasteiger partial charge in [0.15, 0.2) is 0 Å². The van der Waals surface area contributed by atoms with Gasteiger partial charge in [-0.2, -0.15) is 0 Å². The molecule has 0 aromatic carbocycles. The number of hydrogen-bond acceptors (Lipinski definition) is 1. The minimum absolute atomic E-state index is 0.639. The van der Waals surface area contributed by atoms with Gasteiger partial charge in [0.1, 0.15) is 10.4 Å². The van der Waals surface area contributed by atoms with Crippen LogP contribution in [0.4, 0.5) is 0 Å². The smallest absolute Gasteiger partial charge is 0.132 e. The summed E-state index contributed by atoms with van der Waals surface area (Å²) >= 11 is 7.04. The molecule has 1 saturated carbocycles. The van der Waals surface area contributed by atoms with E-state index in [1.165, 1.54) is 31.5 Å². The van der Waals surface area contributed by atoms with Gasteiger partial charge in [-0.05, 0) is 40.9 Å². The van der Waals surface area contributed by atoms with Crippen LogP contribution in [0.2, 0.25) is 0 Å². The van der Waals surface area contributed by atoms with Crippen LogP contribution in [0.3, 0.4) is 0 Å². The van der Waals surface area contributed by atoms with Crippen LogP contribution in [-0.4, -0.2) is 9.38 Å². The van der Waals surface area contributed by atoms with Gasteiger partial charge >= 0.3 is 0 Å². The lowest BCUT2D eigenvalue weighted by Crippen LogP contribution is -1.99. The van der Waals surface area contributed by atoms with Crippen molar-refractivity contribution in [3.63, 3.8) is 0 Å². The van der Waals surface area contributed by atoms with Gasteiger partial charge in [0, 0.05) is 16.6 Å². The Bertz CT molecular complexity index is 527. The van der Waals surface area contributed by atoms with E-state index in [-0.39, 0.29) is 0 Å². The summed E-state index contributed by atoms with van der Waals surface area (Å²) in [6, 6.07) is 4.18. The van der Waals surface area contributed by atoms with Crippen LogP contribution >= 0.6 is 31.9 Å². The van der Waals surface area contributed by atoms with Crippen molar-refractivity contribution in [2.24, 2.45) is 0 Å². The first kappa shape index (κ1) is 10.8. The quantitative estimate of drug-likeness (QED) is 0.744. The van der Waals surface area contributed by atoms with Crippen molar-refractivity contribution >= 4 is 37.4 Å². The van der Waals surface area contributed by atoms with Crippen molar-refractivity contribution in [3.05, 3.63) is 33.2 Å². The molecule has 0 aliphatic heterocycles. The zero-order valence-electron chi connectivity index (χ0n) is 8.79. The maximum Gasteiger partial charge on any atom is 0.132 e. The van der Waals surface area contributed by atoms with Crippen LogP contribution in [0.1, 0.15) is 37.4 Å². The monoisotopic (exact) mass is 342 g/mol. The number of fused-ring (bicyclic) bond motifs is 1. The van der Waals surface area contributed by atoms with E-state index in [2.05, 4.69) is 59.6 Å². The molecule has 0 amide bonds. The summed E-state index contributed by atoms with van der Waals surface area (Å²) in [7, 11) is 0. The molecule has 0 bridgehead atoms. The fourth-order valence-electron chi connectivity index (χ4n) is 2.52. The third kappa shape index (κ3) is 1.72. The number of rotatable bonds is 1. The molecule has 1 aliphatic carbocycles. The van der Waals surface area contributed by atoms with Crippen LogP contribution in [0.15, 0.2) is 27.4 Å². The van der Waals surface area contributed by atoms with E-state index < -0.39 is 0 Å². The lowest BCUT2D eigenvalue weighted by atomic mass is 10.1. The average molecular weight is 344 g/mol. The second-order valence-electron chi connectivity index (χ2n) is 4.34. The van der Waals surface area contributed by atoms with Crippen molar-refractivity contribution in [2.75, 3.05) is 0 Å². The minimum atomic E-state index is 0.639. The average Bonchev–Trinajstić information content (AvgIpc) is 2.87. The number of hydrogen-bond donors (Lipinski definition) is 0.